The zero-order valence-corrected chi connectivity index (χ0v) is 8.51. The highest BCUT2D eigenvalue weighted by Crippen LogP contribution is 2.16. The number of halogens is 1. The van der Waals surface area contributed by atoms with E-state index in [0.717, 1.165) is 6.07 Å². The molecule has 0 spiro atoms. The van der Waals surface area contributed by atoms with Gasteiger partial charge in [-0.05, 0) is 12.1 Å². The van der Waals surface area contributed by atoms with Crippen molar-refractivity contribution in [3.8, 4) is 5.75 Å². The van der Waals surface area contributed by atoms with E-state index in [0.29, 0.717) is 0 Å². The second-order valence-electron chi connectivity index (χ2n) is 2.76. The van der Waals surface area contributed by atoms with E-state index in [1.807, 2.05) is 0 Å². The third kappa shape index (κ3) is 3.17. The fraction of sp³-hybridized carbons (Fsp3) is 0.111. The van der Waals surface area contributed by atoms with E-state index < -0.39 is 11.7 Å². The van der Waals surface area contributed by atoms with Crippen molar-refractivity contribution in [1.82, 2.24) is 0 Å². The van der Waals surface area contributed by atoms with E-state index in [1.54, 1.807) is 0 Å². The first-order valence-corrected chi connectivity index (χ1v) is 4.42. The van der Waals surface area contributed by atoms with Gasteiger partial charge in [0.15, 0.2) is 6.61 Å². The normalized spacial score (nSPS) is 9.67. The van der Waals surface area contributed by atoms with E-state index in [1.165, 1.54) is 12.1 Å². The summed E-state index contributed by atoms with van der Waals surface area (Å²) in [5.41, 5.74) is 10.3. The number of rotatable bonds is 4. The summed E-state index contributed by atoms with van der Waals surface area (Å²) in [4.78, 5) is 10.4. The zero-order valence-electron chi connectivity index (χ0n) is 7.70. The molecule has 0 bridgehead atoms. The average Bonchev–Trinajstić information content (AvgIpc) is 2.14. The number of carbonyl (C=O) groups excluding carboxylic acids is 1. The van der Waals surface area contributed by atoms with Crippen LogP contribution in [0.3, 0.4) is 0 Å². The first-order valence-electron chi connectivity index (χ1n) is 4.01. The van der Waals surface area contributed by atoms with Crippen molar-refractivity contribution >= 4 is 23.1 Å². The maximum Gasteiger partial charge on any atom is 0.255 e. The monoisotopic (exact) mass is 228 g/mol. The molecule has 6 heteroatoms. The molecule has 0 aliphatic heterocycles. The van der Waals surface area contributed by atoms with Crippen LogP contribution < -0.4 is 16.2 Å². The van der Waals surface area contributed by atoms with Gasteiger partial charge in [-0.2, -0.15) is 0 Å². The Hall–Kier alpha value is -1.69. The molecule has 0 radical (unpaired) electrons. The summed E-state index contributed by atoms with van der Waals surface area (Å²) in [5.74, 6) is -1.02. The van der Waals surface area contributed by atoms with Crippen molar-refractivity contribution < 1.29 is 13.9 Å². The van der Waals surface area contributed by atoms with Gasteiger partial charge < -0.3 is 16.2 Å². The average molecular weight is 228 g/mol. The SMILES string of the molecule is NC(=O)COc1ccc(C(N)=S)c(F)c1. The van der Waals surface area contributed by atoms with Gasteiger partial charge in [-0.25, -0.2) is 4.39 Å². The standard InChI is InChI=1S/C9H9FN2O2S/c10-7-3-5(14-4-8(11)13)1-2-6(7)9(12)15/h1-3H,4H2,(H2,11,13)(H2,12,15). The maximum absolute atomic E-state index is 13.3. The summed E-state index contributed by atoms with van der Waals surface area (Å²) in [6, 6.07) is 3.94. The van der Waals surface area contributed by atoms with Crippen molar-refractivity contribution in [3.05, 3.63) is 29.6 Å². The summed E-state index contributed by atoms with van der Waals surface area (Å²) in [6.07, 6.45) is 0. The minimum Gasteiger partial charge on any atom is -0.484 e. The van der Waals surface area contributed by atoms with Crippen molar-refractivity contribution in [1.29, 1.82) is 0 Å². The van der Waals surface area contributed by atoms with Gasteiger partial charge in [-0.3, -0.25) is 4.79 Å². The number of carbonyl (C=O) groups is 1. The molecular weight excluding hydrogens is 219 g/mol. The Balaban J connectivity index is 2.82. The number of nitrogens with two attached hydrogens (primary N) is 2. The van der Waals surface area contributed by atoms with Crippen LogP contribution in [-0.2, 0) is 4.79 Å². The number of hydrogen-bond acceptors (Lipinski definition) is 3. The van der Waals surface area contributed by atoms with Crippen molar-refractivity contribution in [2.75, 3.05) is 6.61 Å². The van der Waals surface area contributed by atoms with Gasteiger partial charge in [0.2, 0.25) is 0 Å². The molecule has 4 N–H and O–H groups in total. The van der Waals surface area contributed by atoms with E-state index in [9.17, 15) is 9.18 Å². The Kier molecular flexibility index (Phi) is 3.56. The molecule has 80 valence electrons. The topological polar surface area (TPSA) is 78.3 Å². The number of hydrogen-bond donors (Lipinski definition) is 2. The minimum absolute atomic E-state index is 0.0334. The van der Waals surface area contributed by atoms with Gasteiger partial charge in [0.25, 0.3) is 5.91 Å². The predicted octanol–water partition coefficient (Wildman–Crippen LogP) is 0.324. The molecule has 0 unspecified atom stereocenters. The van der Waals surface area contributed by atoms with E-state index in [-0.39, 0.29) is 22.9 Å². The quantitative estimate of drug-likeness (QED) is 0.728. The molecule has 0 aromatic heterocycles. The molecule has 0 aliphatic rings. The van der Waals surface area contributed by atoms with E-state index in [4.69, 9.17) is 16.2 Å². The lowest BCUT2D eigenvalue weighted by Crippen LogP contribution is -2.20. The Morgan fingerprint density at radius 1 is 1.47 bits per heavy atom. The van der Waals surface area contributed by atoms with Gasteiger partial charge in [0, 0.05) is 11.6 Å². The fourth-order valence-electron chi connectivity index (χ4n) is 0.940. The van der Waals surface area contributed by atoms with Crippen LogP contribution in [0.1, 0.15) is 5.56 Å². The zero-order chi connectivity index (χ0) is 11.4. The highest BCUT2D eigenvalue weighted by atomic mass is 32.1. The Labute approximate surface area is 91.0 Å². The molecule has 0 aliphatic carbocycles. The van der Waals surface area contributed by atoms with Gasteiger partial charge in [0.05, 0.1) is 0 Å². The first-order chi connectivity index (χ1) is 7.00. The summed E-state index contributed by atoms with van der Waals surface area (Å²) in [6.45, 7) is -0.300. The summed E-state index contributed by atoms with van der Waals surface area (Å²) < 4.78 is 18.1. The van der Waals surface area contributed by atoms with Crippen LogP contribution in [0.15, 0.2) is 18.2 Å². The predicted molar refractivity (Wildman–Crippen MR) is 57.0 cm³/mol. The van der Waals surface area contributed by atoms with Crippen LogP contribution in [-0.4, -0.2) is 17.5 Å². The number of benzene rings is 1. The van der Waals surface area contributed by atoms with Crippen LogP contribution in [0.2, 0.25) is 0 Å². The Bertz CT molecular complexity index is 409. The van der Waals surface area contributed by atoms with Crippen LogP contribution in [0.5, 0.6) is 5.75 Å². The molecule has 1 aromatic carbocycles. The molecule has 0 heterocycles. The maximum atomic E-state index is 13.3. The van der Waals surface area contributed by atoms with Gasteiger partial charge >= 0.3 is 0 Å². The van der Waals surface area contributed by atoms with E-state index >= 15 is 0 Å². The second-order valence-corrected chi connectivity index (χ2v) is 3.20. The molecular formula is C9H9FN2O2S. The summed E-state index contributed by atoms with van der Waals surface area (Å²) in [7, 11) is 0. The highest BCUT2D eigenvalue weighted by Gasteiger charge is 2.06. The Morgan fingerprint density at radius 2 is 2.13 bits per heavy atom. The highest BCUT2D eigenvalue weighted by molar-refractivity contribution is 7.80. The molecule has 4 nitrogen and oxygen atoms in total. The Morgan fingerprint density at radius 3 is 2.60 bits per heavy atom. The molecule has 0 atom stereocenters. The summed E-state index contributed by atoms with van der Waals surface area (Å²) in [5, 5.41) is 0. The van der Waals surface area contributed by atoms with Gasteiger partial charge in [0.1, 0.15) is 16.6 Å². The lowest BCUT2D eigenvalue weighted by molar-refractivity contribution is -0.119. The summed E-state index contributed by atoms with van der Waals surface area (Å²) >= 11 is 4.62. The number of ether oxygens (including phenoxy) is 1. The number of thiocarbonyl (C=S) groups is 1. The van der Waals surface area contributed by atoms with Crippen molar-refractivity contribution in [3.63, 3.8) is 0 Å². The third-order valence-electron chi connectivity index (χ3n) is 1.59. The number of amides is 1. The molecule has 1 amide bonds. The molecule has 1 rings (SSSR count). The lowest BCUT2D eigenvalue weighted by atomic mass is 10.2. The van der Waals surface area contributed by atoms with Crippen LogP contribution in [0.25, 0.3) is 0 Å². The smallest absolute Gasteiger partial charge is 0.255 e. The molecule has 0 fully saturated rings. The first kappa shape index (κ1) is 11.4. The van der Waals surface area contributed by atoms with Crippen LogP contribution >= 0.6 is 12.2 Å². The van der Waals surface area contributed by atoms with Gasteiger partial charge in [-0.15, -0.1) is 0 Å². The van der Waals surface area contributed by atoms with Gasteiger partial charge in [-0.1, -0.05) is 12.2 Å². The van der Waals surface area contributed by atoms with Crippen LogP contribution in [0.4, 0.5) is 4.39 Å². The molecule has 0 saturated carbocycles. The van der Waals surface area contributed by atoms with Crippen LogP contribution in [0, 0.1) is 5.82 Å². The second kappa shape index (κ2) is 4.70. The lowest BCUT2D eigenvalue weighted by Gasteiger charge is -2.05. The molecule has 15 heavy (non-hydrogen) atoms. The van der Waals surface area contributed by atoms with Crippen molar-refractivity contribution in [2.45, 2.75) is 0 Å². The third-order valence-corrected chi connectivity index (χ3v) is 1.81. The minimum atomic E-state index is -0.631. The largest absolute Gasteiger partial charge is 0.484 e. The molecule has 0 saturated heterocycles. The fourth-order valence-corrected chi connectivity index (χ4v) is 1.11. The van der Waals surface area contributed by atoms with E-state index in [2.05, 4.69) is 12.2 Å². The number of primary amides is 1. The molecule has 1 aromatic rings. The van der Waals surface area contributed by atoms with Crippen molar-refractivity contribution in [2.24, 2.45) is 11.5 Å².